The Balaban J connectivity index is 2.45. The molecule has 0 radical (unpaired) electrons. The van der Waals surface area contributed by atoms with E-state index in [4.69, 9.17) is 4.74 Å². The number of nitrogens with one attached hydrogen (secondary N) is 1. The quantitative estimate of drug-likeness (QED) is 0.823. The molecule has 0 amide bonds. The smallest absolute Gasteiger partial charge is 0.125 e. The third kappa shape index (κ3) is 3.64. The van der Waals surface area contributed by atoms with E-state index < -0.39 is 0 Å². The molecule has 1 N–H and O–H groups in total. The van der Waals surface area contributed by atoms with Gasteiger partial charge in [-0.25, -0.2) is 4.39 Å². The number of hydrogen-bond acceptors (Lipinski definition) is 2. The van der Waals surface area contributed by atoms with E-state index >= 15 is 0 Å². The van der Waals surface area contributed by atoms with E-state index in [-0.39, 0.29) is 5.82 Å². The van der Waals surface area contributed by atoms with Gasteiger partial charge in [0.05, 0.1) is 12.3 Å². The molecule has 0 heterocycles. The lowest BCUT2D eigenvalue weighted by atomic mass is 10.3. The molecule has 4 heteroatoms. The molecule has 0 aromatic heterocycles. The highest BCUT2D eigenvalue weighted by atomic mass is 79.9. The standard InChI is InChI=1S/C10H13BrFNO/c1-2-14-6-5-13-10-7-8(12)3-4-9(10)11/h3-4,7,13H,2,5-6H2,1H3. The number of rotatable bonds is 5. The average Bonchev–Trinajstić information content (AvgIpc) is 2.18. The Morgan fingerprint density at radius 3 is 3.00 bits per heavy atom. The van der Waals surface area contributed by atoms with E-state index in [1.165, 1.54) is 12.1 Å². The second kappa shape index (κ2) is 5.98. The molecule has 0 spiro atoms. The summed E-state index contributed by atoms with van der Waals surface area (Å²) in [7, 11) is 0. The first-order chi connectivity index (χ1) is 6.74. The first kappa shape index (κ1) is 11.5. The highest BCUT2D eigenvalue weighted by Gasteiger charge is 2.00. The zero-order valence-corrected chi connectivity index (χ0v) is 9.60. The topological polar surface area (TPSA) is 21.3 Å². The highest BCUT2D eigenvalue weighted by molar-refractivity contribution is 9.10. The maximum absolute atomic E-state index is 12.8. The van der Waals surface area contributed by atoms with Crippen LogP contribution in [-0.4, -0.2) is 19.8 Å². The van der Waals surface area contributed by atoms with Crippen molar-refractivity contribution in [3.8, 4) is 0 Å². The van der Waals surface area contributed by atoms with Crippen LogP contribution < -0.4 is 5.32 Å². The molecular weight excluding hydrogens is 249 g/mol. The van der Waals surface area contributed by atoms with Crippen molar-refractivity contribution in [3.05, 3.63) is 28.5 Å². The minimum Gasteiger partial charge on any atom is -0.382 e. The Morgan fingerprint density at radius 1 is 1.50 bits per heavy atom. The molecule has 0 aliphatic heterocycles. The van der Waals surface area contributed by atoms with Gasteiger partial charge in [-0.05, 0) is 41.1 Å². The van der Waals surface area contributed by atoms with Crippen LogP contribution >= 0.6 is 15.9 Å². The van der Waals surface area contributed by atoms with Crippen molar-refractivity contribution in [1.82, 2.24) is 0 Å². The van der Waals surface area contributed by atoms with E-state index in [1.54, 1.807) is 6.07 Å². The van der Waals surface area contributed by atoms with Crippen molar-refractivity contribution in [2.75, 3.05) is 25.1 Å². The second-order valence-corrected chi connectivity index (χ2v) is 3.60. The van der Waals surface area contributed by atoms with Gasteiger partial charge < -0.3 is 10.1 Å². The maximum Gasteiger partial charge on any atom is 0.125 e. The van der Waals surface area contributed by atoms with Crippen LogP contribution in [0.4, 0.5) is 10.1 Å². The minimum absolute atomic E-state index is 0.243. The lowest BCUT2D eigenvalue weighted by Crippen LogP contribution is -2.09. The Hall–Kier alpha value is -0.610. The van der Waals surface area contributed by atoms with Crippen molar-refractivity contribution < 1.29 is 9.13 Å². The van der Waals surface area contributed by atoms with E-state index in [9.17, 15) is 4.39 Å². The number of halogens is 2. The van der Waals surface area contributed by atoms with E-state index in [0.29, 0.717) is 19.8 Å². The van der Waals surface area contributed by atoms with Crippen molar-refractivity contribution in [3.63, 3.8) is 0 Å². The van der Waals surface area contributed by atoms with Crippen LogP contribution in [0, 0.1) is 5.82 Å². The van der Waals surface area contributed by atoms with Crippen LogP contribution in [0.25, 0.3) is 0 Å². The molecule has 0 aliphatic rings. The lowest BCUT2D eigenvalue weighted by Gasteiger charge is -2.08. The largest absolute Gasteiger partial charge is 0.382 e. The molecule has 0 atom stereocenters. The second-order valence-electron chi connectivity index (χ2n) is 2.75. The number of ether oxygens (including phenoxy) is 1. The fourth-order valence-electron chi connectivity index (χ4n) is 1.04. The Labute approximate surface area is 91.6 Å². The highest BCUT2D eigenvalue weighted by Crippen LogP contribution is 2.22. The van der Waals surface area contributed by atoms with Gasteiger partial charge in [0.25, 0.3) is 0 Å². The average molecular weight is 262 g/mol. The predicted octanol–water partition coefficient (Wildman–Crippen LogP) is 3.04. The summed E-state index contributed by atoms with van der Waals surface area (Å²) in [5, 5.41) is 3.08. The molecule has 1 rings (SSSR count). The first-order valence-corrected chi connectivity index (χ1v) is 5.30. The van der Waals surface area contributed by atoms with Crippen LogP contribution in [0.2, 0.25) is 0 Å². The first-order valence-electron chi connectivity index (χ1n) is 4.50. The molecule has 78 valence electrons. The summed E-state index contributed by atoms with van der Waals surface area (Å²) in [6.07, 6.45) is 0. The van der Waals surface area contributed by atoms with Gasteiger partial charge in [0, 0.05) is 17.6 Å². The molecule has 2 nitrogen and oxygen atoms in total. The zero-order valence-electron chi connectivity index (χ0n) is 8.02. The number of hydrogen-bond donors (Lipinski definition) is 1. The summed E-state index contributed by atoms with van der Waals surface area (Å²) in [6.45, 7) is 3.94. The monoisotopic (exact) mass is 261 g/mol. The van der Waals surface area contributed by atoms with Gasteiger partial charge in [-0.3, -0.25) is 0 Å². The van der Waals surface area contributed by atoms with Gasteiger partial charge >= 0.3 is 0 Å². The lowest BCUT2D eigenvalue weighted by molar-refractivity contribution is 0.158. The maximum atomic E-state index is 12.8. The minimum atomic E-state index is -0.243. The van der Waals surface area contributed by atoms with E-state index in [0.717, 1.165) is 10.2 Å². The van der Waals surface area contributed by atoms with Crippen molar-refractivity contribution in [1.29, 1.82) is 0 Å². The van der Waals surface area contributed by atoms with Gasteiger partial charge in [-0.1, -0.05) is 0 Å². The molecule has 0 aliphatic carbocycles. The molecule has 1 aromatic carbocycles. The van der Waals surface area contributed by atoms with Gasteiger partial charge in [0.15, 0.2) is 0 Å². The summed E-state index contributed by atoms with van der Waals surface area (Å²) >= 11 is 3.33. The summed E-state index contributed by atoms with van der Waals surface area (Å²) in [6, 6.07) is 4.55. The van der Waals surface area contributed by atoms with Crippen molar-refractivity contribution in [2.45, 2.75) is 6.92 Å². The van der Waals surface area contributed by atoms with Crippen LogP contribution in [0.1, 0.15) is 6.92 Å². The summed E-state index contributed by atoms with van der Waals surface area (Å²) in [4.78, 5) is 0. The molecule has 0 bridgehead atoms. The SMILES string of the molecule is CCOCCNc1cc(F)ccc1Br. The molecule has 14 heavy (non-hydrogen) atoms. The number of anilines is 1. The van der Waals surface area contributed by atoms with Crippen LogP contribution in [0.5, 0.6) is 0 Å². The summed E-state index contributed by atoms with van der Waals surface area (Å²) < 4.78 is 18.8. The fraction of sp³-hybridized carbons (Fsp3) is 0.400. The fourth-order valence-corrected chi connectivity index (χ4v) is 1.42. The van der Waals surface area contributed by atoms with E-state index in [1.807, 2.05) is 6.92 Å². The van der Waals surface area contributed by atoms with Gasteiger partial charge in [0.1, 0.15) is 5.82 Å². The number of benzene rings is 1. The molecule has 0 fully saturated rings. The van der Waals surface area contributed by atoms with Gasteiger partial charge in [0.2, 0.25) is 0 Å². The summed E-state index contributed by atoms with van der Waals surface area (Å²) in [5.41, 5.74) is 0.754. The van der Waals surface area contributed by atoms with Crippen LogP contribution in [0.3, 0.4) is 0 Å². The van der Waals surface area contributed by atoms with Crippen molar-refractivity contribution in [2.24, 2.45) is 0 Å². The molecular formula is C10H13BrFNO. The van der Waals surface area contributed by atoms with E-state index in [2.05, 4.69) is 21.2 Å². The molecule has 0 saturated heterocycles. The predicted molar refractivity (Wildman–Crippen MR) is 59.1 cm³/mol. The van der Waals surface area contributed by atoms with Crippen molar-refractivity contribution >= 4 is 21.6 Å². The van der Waals surface area contributed by atoms with Gasteiger partial charge in [-0.15, -0.1) is 0 Å². The Morgan fingerprint density at radius 2 is 2.29 bits per heavy atom. The Kier molecular flexibility index (Phi) is 4.90. The molecule has 1 aromatic rings. The van der Waals surface area contributed by atoms with Crippen LogP contribution in [0.15, 0.2) is 22.7 Å². The summed E-state index contributed by atoms with van der Waals surface area (Å²) in [5.74, 6) is -0.243. The van der Waals surface area contributed by atoms with Crippen LogP contribution in [-0.2, 0) is 4.74 Å². The third-order valence-electron chi connectivity index (χ3n) is 1.69. The van der Waals surface area contributed by atoms with Gasteiger partial charge in [-0.2, -0.15) is 0 Å². The Bertz CT molecular complexity index is 293. The zero-order chi connectivity index (χ0) is 10.4. The molecule has 0 saturated carbocycles. The normalized spacial score (nSPS) is 10.2. The third-order valence-corrected chi connectivity index (χ3v) is 2.39. The molecule has 0 unspecified atom stereocenters.